The Kier molecular flexibility index (Phi) is 5.27. The van der Waals surface area contributed by atoms with Crippen molar-refractivity contribution in [1.29, 1.82) is 0 Å². The average Bonchev–Trinajstić information content (AvgIpc) is 2.37. The van der Waals surface area contributed by atoms with Crippen molar-refractivity contribution in [3.05, 3.63) is 0 Å². The van der Waals surface area contributed by atoms with E-state index >= 15 is 0 Å². The average molecular weight is 322 g/mol. The van der Waals surface area contributed by atoms with E-state index in [-0.39, 0.29) is 18.8 Å². The van der Waals surface area contributed by atoms with Gasteiger partial charge in [0.2, 0.25) is 0 Å². The first-order valence-corrected chi connectivity index (χ1v) is 8.80. The normalized spacial score (nSPS) is 31.5. The van der Waals surface area contributed by atoms with E-state index in [4.69, 9.17) is 9.47 Å². The van der Waals surface area contributed by atoms with E-state index in [1.165, 1.54) is 15.7 Å². The molecule has 2 fully saturated rings. The third-order valence-electron chi connectivity index (χ3n) is 4.05. The second-order valence-corrected chi connectivity index (χ2v) is 8.21. The largest absolute Gasteiger partial charge is 0.388 e. The summed E-state index contributed by atoms with van der Waals surface area (Å²) in [5.74, 6) is 0. The Labute approximate surface area is 127 Å². The van der Waals surface area contributed by atoms with Gasteiger partial charge in [0.25, 0.3) is 10.2 Å². The van der Waals surface area contributed by atoms with E-state index in [0.29, 0.717) is 39.1 Å². The fourth-order valence-corrected chi connectivity index (χ4v) is 4.52. The Hall–Kier alpha value is -0.250. The SMILES string of the molecule is CC1CN(S(=O)(=O)N(C)CC2(O)CCOCC2)CC(C)O1. The van der Waals surface area contributed by atoms with Crippen molar-refractivity contribution in [1.82, 2.24) is 8.61 Å². The molecule has 124 valence electrons. The highest BCUT2D eigenvalue weighted by Crippen LogP contribution is 2.24. The molecule has 0 radical (unpaired) electrons. The van der Waals surface area contributed by atoms with Crippen LogP contribution in [0, 0.1) is 0 Å². The molecule has 0 aliphatic carbocycles. The summed E-state index contributed by atoms with van der Waals surface area (Å²) in [6.45, 7) is 5.45. The van der Waals surface area contributed by atoms with Crippen LogP contribution in [-0.2, 0) is 19.7 Å². The third kappa shape index (κ3) is 4.14. The molecule has 2 unspecified atom stereocenters. The molecule has 2 heterocycles. The lowest BCUT2D eigenvalue weighted by atomic mass is 9.95. The Bertz CT molecular complexity index is 439. The minimum absolute atomic E-state index is 0.0960. The van der Waals surface area contributed by atoms with Crippen LogP contribution in [0.25, 0.3) is 0 Å². The van der Waals surface area contributed by atoms with Gasteiger partial charge in [-0.25, -0.2) is 0 Å². The summed E-state index contributed by atoms with van der Waals surface area (Å²) >= 11 is 0. The van der Waals surface area contributed by atoms with E-state index < -0.39 is 15.8 Å². The van der Waals surface area contributed by atoms with Gasteiger partial charge in [-0.2, -0.15) is 17.0 Å². The molecule has 2 atom stereocenters. The Balaban J connectivity index is 2.04. The van der Waals surface area contributed by atoms with Gasteiger partial charge in [-0.05, 0) is 13.8 Å². The number of nitrogens with zero attached hydrogens (tertiary/aromatic N) is 2. The van der Waals surface area contributed by atoms with Gasteiger partial charge in [0.15, 0.2) is 0 Å². The van der Waals surface area contributed by atoms with Crippen LogP contribution in [0.2, 0.25) is 0 Å². The molecular weight excluding hydrogens is 296 g/mol. The lowest BCUT2D eigenvalue weighted by Gasteiger charge is -2.39. The van der Waals surface area contributed by atoms with E-state index in [9.17, 15) is 13.5 Å². The maximum absolute atomic E-state index is 12.6. The van der Waals surface area contributed by atoms with Crippen LogP contribution in [0.4, 0.5) is 0 Å². The van der Waals surface area contributed by atoms with Crippen molar-refractivity contribution in [3.8, 4) is 0 Å². The number of rotatable bonds is 4. The molecule has 0 aromatic rings. The molecule has 1 N–H and O–H groups in total. The summed E-state index contributed by atoms with van der Waals surface area (Å²) in [4.78, 5) is 0. The molecule has 0 bridgehead atoms. The topological polar surface area (TPSA) is 79.3 Å². The molecule has 7 nitrogen and oxygen atoms in total. The van der Waals surface area contributed by atoms with Gasteiger partial charge < -0.3 is 14.6 Å². The highest BCUT2D eigenvalue weighted by atomic mass is 32.2. The van der Waals surface area contributed by atoms with Gasteiger partial charge >= 0.3 is 0 Å². The second-order valence-electron chi connectivity index (χ2n) is 6.17. The molecule has 2 aliphatic rings. The molecule has 0 spiro atoms. The molecule has 0 amide bonds. The standard InChI is InChI=1S/C13H26N2O5S/c1-11-8-15(9-12(2)20-11)21(17,18)14(3)10-13(16)4-6-19-7-5-13/h11-12,16H,4-10H2,1-3H3. The van der Waals surface area contributed by atoms with Crippen LogP contribution >= 0.6 is 0 Å². The molecule has 21 heavy (non-hydrogen) atoms. The lowest BCUT2D eigenvalue weighted by Crippen LogP contribution is -2.55. The number of aliphatic hydroxyl groups is 1. The molecule has 0 aromatic carbocycles. The highest BCUT2D eigenvalue weighted by Gasteiger charge is 2.38. The van der Waals surface area contributed by atoms with Crippen LogP contribution in [0.15, 0.2) is 0 Å². The minimum atomic E-state index is -3.58. The molecule has 8 heteroatoms. The van der Waals surface area contributed by atoms with Gasteiger partial charge in [0, 0.05) is 52.7 Å². The maximum Gasteiger partial charge on any atom is 0.282 e. The number of morpholine rings is 1. The predicted octanol–water partition coefficient (Wildman–Crippen LogP) is -0.186. The van der Waals surface area contributed by atoms with Crippen LogP contribution in [0.5, 0.6) is 0 Å². The molecule has 0 aromatic heterocycles. The fraction of sp³-hybridized carbons (Fsp3) is 1.00. The van der Waals surface area contributed by atoms with Crippen LogP contribution in [0.3, 0.4) is 0 Å². The van der Waals surface area contributed by atoms with Crippen molar-refractivity contribution >= 4 is 10.2 Å². The van der Waals surface area contributed by atoms with E-state index in [1.807, 2.05) is 13.8 Å². The zero-order valence-electron chi connectivity index (χ0n) is 13.0. The van der Waals surface area contributed by atoms with Gasteiger partial charge in [-0.15, -0.1) is 0 Å². The third-order valence-corrected chi connectivity index (χ3v) is 5.91. The van der Waals surface area contributed by atoms with Gasteiger partial charge in [0.1, 0.15) is 0 Å². The summed E-state index contributed by atoms with van der Waals surface area (Å²) in [6.07, 6.45) is 0.678. The van der Waals surface area contributed by atoms with E-state index in [0.717, 1.165) is 0 Å². The Morgan fingerprint density at radius 1 is 1.24 bits per heavy atom. The summed E-state index contributed by atoms with van der Waals surface area (Å²) in [5.41, 5.74) is -0.996. The van der Waals surface area contributed by atoms with Gasteiger partial charge in [-0.1, -0.05) is 0 Å². The van der Waals surface area contributed by atoms with Crippen molar-refractivity contribution < 1.29 is 23.0 Å². The first kappa shape index (κ1) is 17.1. The second kappa shape index (κ2) is 6.47. The van der Waals surface area contributed by atoms with Crippen molar-refractivity contribution in [2.45, 2.75) is 44.5 Å². The minimum Gasteiger partial charge on any atom is -0.388 e. The number of hydrogen-bond donors (Lipinski definition) is 1. The van der Waals surface area contributed by atoms with E-state index in [2.05, 4.69) is 0 Å². The molecule has 2 rings (SSSR count). The van der Waals surface area contributed by atoms with Crippen molar-refractivity contribution in [2.75, 3.05) is 39.9 Å². The molecular formula is C13H26N2O5S. The lowest BCUT2D eigenvalue weighted by molar-refractivity contribution is -0.0708. The van der Waals surface area contributed by atoms with Crippen LogP contribution in [0.1, 0.15) is 26.7 Å². The summed E-state index contributed by atoms with van der Waals surface area (Å²) in [7, 11) is -2.06. The molecule has 2 aliphatic heterocycles. The monoisotopic (exact) mass is 322 g/mol. The first-order chi connectivity index (χ1) is 9.73. The zero-order chi connectivity index (χ0) is 15.7. The molecule has 0 saturated carbocycles. The van der Waals surface area contributed by atoms with E-state index in [1.54, 1.807) is 0 Å². The van der Waals surface area contributed by atoms with Crippen molar-refractivity contribution in [2.24, 2.45) is 0 Å². The maximum atomic E-state index is 12.6. The highest BCUT2D eigenvalue weighted by molar-refractivity contribution is 7.86. The summed E-state index contributed by atoms with van der Waals surface area (Å²) in [5, 5.41) is 10.5. The fourth-order valence-electron chi connectivity index (χ4n) is 2.92. The summed E-state index contributed by atoms with van der Waals surface area (Å²) in [6, 6.07) is 0. The smallest absolute Gasteiger partial charge is 0.282 e. The Morgan fingerprint density at radius 2 is 1.76 bits per heavy atom. The van der Waals surface area contributed by atoms with Gasteiger partial charge in [0.05, 0.1) is 17.8 Å². The van der Waals surface area contributed by atoms with Gasteiger partial charge in [-0.3, -0.25) is 0 Å². The number of likely N-dealkylation sites (N-methyl/N-ethyl adjacent to an activating group) is 1. The van der Waals surface area contributed by atoms with Crippen LogP contribution < -0.4 is 0 Å². The van der Waals surface area contributed by atoms with Crippen molar-refractivity contribution in [3.63, 3.8) is 0 Å². The first-order valence-electron chi connectivity index (χ1n) is 7.40. The quantitative estimate of drug-likeness (QED) is 0.776. The van der Waals surface area contributed by atoms with Crippen LogP contribution in [-0.4, -0.2) is 79.8 Å². The number of hydrogen-bond acceptors (Lipinski definition) is 5. The Morgan fingerprint density at radius 3 is 2.29 bits per heavy atom. The predicted molar refractivity (Wildman–Crippen MR) is 78.1 cm³/mol. The zero-order valence-corrected chi connectivity index (χ0v) is 13.8. The molecule has 2 saturated heterocycles. The number of ether oxygens (including phenoxy) is 2. The summed E-state index contributed by atoms with van der Waals surface area (Å²) < 4.78 is 38.8.